The molecule has 1 aromatic carbocycles. The maximum atomic E-state index is 12.7. The minimum atomic E-state index is -0.375. The number of carbonyl (C=O) groups is 1. The molecule has 0 saturated heterocycles. The highest BCUT2D eigenvalue weighted by atomic mass is 16.6. The lowest BCUT2D eigenvalue weighted by molar-refractivity contribution is 0.102. The number of hydrogen-bond acceptors (Lipinski definition) is 5. The van der Waals surface area contributed by atoms with E-state index >= 15 is 0 Å². The quantitative estimate of drug-likeness (QED) is 0.753. The Hall–Kier alpha value is -1.63. The molecule has 1 amide bonds. The molecule has 1 saturated carbocycles. The topological polar surface area (TPSA) is 74.0 Å². The van der Waals surface area contributed by atoms with Crippen molar-refractivity contribution in [3.8, 4) is 5.75 Å². The molecular weight excluding hydrogens is 368 g/mol. The standard InChI is InChI=1S/C23H36N2O4/c1-23-10-6-4-5-7-18(21(23)24)15-17-8-9-19(16-20(17)23)29-22(26)25(11-13-27-2)12-14-28-3/h8-9,16,18,21H,4-7,10-15,24H2,1-3H3/t18-,21-,23+/m0/s1. The van der Waals surface area contributed by atoms with E-state index in [1.165, 1.54) is 36.8 Å². The van der Waals surface area contributed by atoms with E-state index in [0.717, 1.165) is 12.8 Å². The molecule has 1 fully saturated rings. The summed E-state index contributed by atoms with van der Waals surface area (Å²) in [7, 11) is 3.24. The first-order chi connectivity index (χ1) is 14.0. The minimum Gasteiger partial charge on any atom is -0.410 e. The molecule has 0 aliphatic heterocycles. The molecule has 2 aliphatic carbocycles. The Bertz CT molecular complexity index is 687. The Kier molecular flexibility index (Phi) is 7.55. The third-order valence-corrected chi connectivity index (χ3v) is 6.79. The van der Waals surface area contributed by atoms with Crippen LogP contribution in [0.4, 0.5) is 4.79 Å². The summed E-state index contributed by atoms with van der Waals surface area (Å²) in [5, 5.41) is 0. The second kappa shape index (κ2) is 9.92. The minimum absolute atomic E-state index is 0.0626. The summed E-state index contributed by atoms with van der Waals surface area (Å²) in [6.07, 6.45) is 6.69. The van der Waals surface area contributed by atoms with Crippen molar-refractivity contribution in [1.82, 2.24) is 4.90 Å². The first-order valence-electron chi connectivity index (χ1n) is 10.8. The number of ether oxygens (including phenoxy) is 3. The number of carbonyl (C=O) groups excluding carboxylic acids is 1. The summed E-state index contributed by atoms with van der Waals surface area (Å²) in [5.41, 5.74) is 9.32. The van der Waals surface area contributed by atoms with Crippen LogP contribution in [-0.4, -0.2) is 57.6 Å². The summed E-state index contributed by atoms with van der Waals surface area (Å²) in [6.45, 7) is 4.14. The Morgan fingerprint density at radius 3 is 2.59 bits per heavy atom. The molecule has 2 bridgehead atoms. The largest absolute Gasteiger partial charge is 0.415 e. The lowest BCUT2D eigenvalue weighted by Gasteiger charge is -2.47. The van der Waals surface area contributed by atoms with E-state index in [2.05, 4.69) is 19.1 Å². The number of amides is 1. The number of rotatable bonds is 7. The van der Waals surface area contributed by atoms with E-state index in [1.54, 1.807) is 19.1 Å². The van der Waals surface area contributed by atoms with Crippen LogP contribution in [0.1, 0.15) is 50.2 Å². The Morgan fingerprint density at radius 2 is 1.90 bits per heavy atom. The molecule has 2 aliphatic rings. The average Bonchev–Trinajstić information content (AvgIpc) is 2.71. The number of nitrogens with two attached hydrogens (primary N) is 1. The molecular formula is C23H36N2O4. The van der Waals surface area contributed by atoms with Crippen LogP contribution in [-0.2, 0) is 21.3 Å². The van der Waals surface area contributed by atoms with E-state index < -0.39 is 0 Å². The fraction of sp³-hybridized carbons (Fsp3) is 0.696. The predicted octanol–water partition coefficient (Wildman–Crippen LogP) is 3.50. The van der Waals surface area contributed by atoms with E-state index in [4.69, 9.17) is 19.9 Å². The van der Waals surface area contributed by atoms with Gasteiger partial charge in [-0.05, 0) is 48.4 Å². The fourth-order valence-electron chi connectivity index (χ4n) is 4.96. The maximum absolute atomic E-state index is 12.7. The van der Waals surface area contributed by atoms with Gasteiger partial charge in [0, 0.05) is 38.8 Å². The second-order valence-electron chi connectivity index (χ2n) is 8.67. The molecule has 0 radical (unpaired) electrons. The first kappa shape index (κ1) is 22.1. The van der Waals surface area contributed by atoms with E-state index in [-0.39, 0.29) is 17.6 Å². The van der Waals surface area contributed by atoms with Gasteiger partial charge in [-0.15, -0.1) is 0 Å². The van der Waals surface area contributed by atoms with Crippen LogP contribution in [0.15, 0.2) is 18.2 Å². The second-order valence-corrected chi connectivity index (χ2v) is 8.67. The average molecular weight is 405 g/mol. The normalized spacial score (nSPS) is 26.2. The highest BCUT2D eigenvalue weighted by Crippen LogP contribution is 2.46. The van der Waals surface area contributed by atoms with Gasteiger partial charge in [0.1, 0.15) is 5.75 Å². The van der Waals surface area contributed by atoms with Crippen LogP contribution in [0.2, 0.25) is 0 Å². The number of nitrogens with zero attached hydrogens (tertiary/aromatic N) is 1. The van der Waals surface area contributed by atoms with Crippen molar-refractivity contribution in [3.63, 3.8) is 0 Å². The molecule has 6 heteroatoms. The molecule has 1 aromatic rings. The van der Waals surface area contributed by atoms with Crippen LogP contribution in [0.5, 0.6) is 5.75 Å². The van der Waals surface area contributed by atoms with Gasteiger partial charge in [0.25, 0.3) is 0 Å². The van der Waals surface area contributed by atoms with Crippen molar-refractivity contribution in [1.29, 1.82) is 0 Å². The molecule has 0 aromatic heterocycles. The third-order valence-electron chi connectivity index (χ3n) is 6.79. The van der Waals surface area contributed by atoms with Gasteiger partial charge in [0.05, 0.1) is 13.2 Å². The Labute approximate surface area is 174 Å². The van der Waals surface area contributed by atoms with Crippen molar-refractivity contribution < 1.29 is 19.0 Å². The van der Waals surface area contributed by atoms with Crippen molar-refractivity contribution in [2.24, 2.45) is 11.7 Å². The van der Waals surface area contributed by atoms with Gasteiger partial charge in [0.15, 0.2) is 0 Å². The van der Waals surface area contributed by atoms with Crippen LogP contribution in [0.25, 0.3) is 0 Å². The SMILES string of the molecule is COCCN(CCOC)C(=O)Oc1ccc2c(c1)[C@@]1(C)CCCCC[C@@H](C2)[C@@H]1N. The molecule has 29 heavy (non-hydrogen) atoms. The van der Waals surface area contributed by atoms with Gasteiger partial charge in [-0.25, -0.2) is 4.79 Å². The summed E-state index contributed by atoms with van der Waals surface area (Å²) in [5.74, 6) is 1.13. The smallest absolute Gasteiger partial charge is 0.410 e. The van der Waals surface area contributed by atoms with Gasteiger partial charge in [-0.3, -0.25) is 0 Å². The lowest BCUT2D eigenvalue weighted by Crippen LogP contribution is -2.52. The maximum Gasteiger partial charge on any atom is 0.415 e. The first-order valence-corrected chi connectivity index (χ1v) is 10.8. The monoisotopic (exact) mass is 404 g/mol. The van der Waals surface area contributed by atoms with Crippen LogP contribution in [0, 0.1) is 5.92 Å². The van der Waals surface area contributed by atoms with Crippen molar-refractivity contribution in [2.45, 2.75) is 56.9 Å². The van der Waals surface area contributed by atoms with Gasteiger partial charge < -0.3 is 24.8 Å². The van der Waals surface area contributed by atoms with Crippen LogP contribution < -0.4 is 10.5 Å². The summed E-state index contributed by atoms with van der Waals surface area (Å²) in [6, 6.07) is 6.25. The molecule has 2 N–H and O–H groups in total. The third kappa shape index (κ3) is 4.93. The number of hydrogen-bond donors (Lipinski definition) is 1. The molecule has 6 nitrogen and oxygen atoms in total. The molecule has 0 unspecified atom stereocenters. The van der Waals surface area contributed by atoms with Crippen molar-refractivity contribution in [3.05, 3.63) is 29.3 Å². The van der Waals surface area contributed by atoms with Gasteiger partial charge in [-0.2, -0.15) is 0 Å². The fourth-order valence-corrected chi connectivity index (χ4v) is 4.96. The van der Waals surface area contributed by atoms with E-state index in [9.17, 15) is 4.79 Å². The molecule has 3 atom stereocenters. The molecule has 0 heterocycles. The Morgan fingerprint density at radius 1 is 1.17 bits per heavy atom. The van der Waals surface area contributed by atoms with Crippen LogP contribution >= 0.6 is 0 Å². The summed E-state index contributed by atoms with van der Waals surface area (Å²) in [4.78, 5) is 14.3. The van der Waals surface area contributed by atoms with Crippen molar-refractivity contribution in [2.75, 3.05) is 40.5 Å². The predicted molar refractivity (Wildman–Crippen MR) is 113 cm³/mol. The molecule has 3 rings (SSSR count). The zero-order chi connectivity index (χ0) is 20.9. The number of benzene rings is 1. The lowest BCUT2D eigenvalue weighted by atomic mass is 9.60. The van der Waals surface area contributed by atoms with Crippen molar-refractivity contribution >= 4 is 6.09 Å². The summed E-state index contributed by atoms with van der Waals surface area (Å²) >= 11 is 0. The number of methoxy groups -OCH3 is 2. The van der Waals surface area contributed by atoms with Crippen LogP contribution in [0.3, 0.4) is 0 Å². The number of fused-ring (bicyclic) bond motifs is 4. The molecule has 0 spiro atoms. The van der Waals surface area contributed by atoms with Gasteiger partial charge >= 0.3 is 6.09 Å². The van der Waals surface area contributed by atoms with E-state index in [1.807, 2.05) is 6.07 Å². The Balaban J connectivity index is 1.80. The van der Waals surface area contributed by atoms with Gasteiger partial charge in [0.2, 0.25) is 0 Å². The highest BCUT2D eigenvalue weighted by Gasteiger charge is 2.43. The molecule has 162 valence electrons. The van der Waals surface area contributed by atoms with Gasteiger partial charge in [-0.1, -0.05) is 32.3 Å². The summed E-state index contributed by atoms with van der Waals surface area (Å²) < 4.78 is 16.0. The van der Waals surface area contributed by atoms with E-state index in [0.29, 0.717) is 38.0 Å². The zero-order valence-corrected chi connectivity index (χ0v) is 18.1. The zero-order valence-electron chi connectivity index (χ0n) is 18.1. The highest BCUT2D eigenvalue weighted by molar-refractivity contribution is 5.71.